The van der Waals surface area contributed by atoms with E-state index in [2.05, 4.69) is 46.4 Å². The standard InChI is InChI=1S/C22H34N6O2/c1-17(2)15-21(22-23-24-25-28(22)16-20-5-4-14-30-20)27-12-10-26(11-13-27)18-6-8-19(29-3)9-7-18/h6-9,17,20-21H,4-5,10-16H2,1-3H3/p+1/t20-,21+/m1/s1. The van der Waals surface area contributed by atoms with Gasteiger partial charge in [-0.1, -0.05) is 13.8 Å². The highest BCUT2D eigenvalue weighted by Gasteiger charge is 2.34. The first-order valence-corrected chi connectivity index (χ1v) is 11.2. The van der Waals surface area contributed by atoms with Gasteiger partial charge >= 0.3 is 0 Å². The summed E-state index contributed by atoms with van der Waals surface area (Å²) in [4.78, 5) is 4.04. The lowest BCUT2D eigenvalue weighted by molar-refractivity contribution is -0.934. The molecule has 0 aliphatic carbocycles. The molecule has 0 amide bonds. The molecule has 8 nitrogen and oxygen atoms in total. The number of hydrogen-bond acceptors (Lipinski definition) is 6. The smallest absolute Gasteiger partial charge is 0.209 e. The van der Waals surface area contributed by atoms with Gasteiger partial charge in [0.05, 0.1) is 45.9 Å². The van der Waals surface area contributed by atoms with Crippen molar-refractivity contribution in [3.05, 3.63) is 30.1 Å². The number of nitrogens with zero attached hydrogens (tertiary/aromatic N) is 5. The number of hydrogen-bond donors (Lipinski definition) is 1. The van der Waals surface area contributed by atoms with Crippen molar-refractivity contribution in [1.82, 2.24) is 20.2 Å². The van der Waals surface area contributed by atoms with Crippen LogP contribution in [0.4, 0.5) is 5.69 Å². The van der Waals surface area contributed by atoms with Gasteiger partial charge in [0.25, 0.3) is 0 Å². The van der Waals surface area contributed by atoms with E-state index in [0.717, 1.165) is 70.2 Å². The van der Waals surface area contributed by atoms with Gasteiger partial charge in [-0.05, 0) is 53.5 Å². The van der Waals surface area contributed by atoms with E-state index in [4.69, 9.17) is 9.47 Å². The van der Waals surface area contributed by atoms with Crippen LogP contribution < -0.4 is 14.5 Å². The van der Waals surface area contributed by atoms with E-state index in [1.54, 1.807) is 12.0 Å². The first-order valence-electron chi connectivity index (χ1n) is 11.2. The number of quaternary nitrogens is 1. The zero-order chi connectivity index (χ0) is 20.9. The van der Waals surface area contributed by atoms with Crippen LogP contribution in [0.2, 0.25) is 0 Å². The van der Waals surface area contributed by atoms with Gasteiger partial charge in [-0.3, -0.25) is 0 Å². The van der Waals surface area contributed by atoms with Crippen molar-refractivity contribution in [3.8, 4) is 5.75 Å². The van der Waals surface area contributed by atoms with Gasteiger partial charge in [-0.15, -0.1) is 5.10 Å². The monoisotopic (exact) mass is 415 g/mol. The third kappa shape index (κ3) is 4.92. The van der Waals surface area contributed by atoms with E-state index in [0.29, 0.717) is 12.0 Å². The van der Waals surface area contributed by atoms with E-state index in [9.17, 15) is 0 Å². The second kappa shape index (κ2) is 9.75. The molecule has 2 aliphatic heterocycles. The Hall–Kier alpha value is -2.19. The molecule has 0 unspecified atom stereocenters. The van der Waals surface area contributed by atoms with Crippen molar-refractivity contribution in [2.45, 2.75) is 51.8 Å². The Morgan fingerprint density at radius 3 is 2.60 bits per heavy atom. The Balaban J connectivity index is 1.44. The molecule has 1 aromatic carbocycles. The summed E-state index contributed by atoms with van der Waals surface area (Å²) in [5, 5.41) is 12.8. The first kappa shape index (κ1) is 21.1. The van der Waals surface area contributed by atoms with E-state index >= 15 is 0 Å². The molecule has 0 saturated carbocycles. The summed E-state index contributed by atoms with van der Waals surface area (Å²) in [6.07, 6.45) is 3.57. The molecule has 2 saturated heterocycles. The van der Waals surface area contributed by atoms with E-state index in [1.807, 2.05) is 16.8 Å². The second-order valence-electron chi connectivity index (χ2n) is 8.88. The Labute approximate surface area is 179 Å². The highest BCUT2D eigenvalue weighted by Crippen LogP contribution is 2.21. The number of aromatic nitrogens is 4. The van der Waals surface area contributed by atoms with Crippen molar-refractivity contribution in [3.63, 3.8) is 0 Å². The van der Waals surface area contributed by atoms with Crippen LogP contribution in [0.3, 0.4) is 0 Å². The largest absolute Gasteiger partial charge is 0.497 e. The molecule has 8 heteroatoms. The number of anilines is 1. The molecule has 2 atom stereocenters. The minimum absolute atomic E-state index is 0.244. The Kier molecular flexibility index (Phi) is 6.84. The van der Waals surface area contributed by atoms with Crippen molar-refractivity contribution in [2.75, 3.05) is 44.8 Å². The van der Waals surface area contributed by atoms with Crippen molar-refractivity contribution in [2.24, 2.45) is 5.92 Å². The quantitative estimate of drug-likeness (QED) is 0.702. The van der Waals surface area contributed by atoms with Crippen LogP contribution in [-0.4, -0.2) is 66.2 Å². The van der Waals surface area contributed by atoms with Gasteiger partial charge < -0.3 is 19.3 Å². The Morgan fingerprint density at radius 2 is 1.97 bits per heavy atom. The topological polar surface area (TPSA) is 69.7 Å². The summed E-state index contributed by atoms with van der Waals surface area (Å²) < 4.78 is 13.1. The molecule has 2 aromatic rings. The maximum absolute atomic E-state index is 5.83. The van der Waals surface area contributed by atoms with Crippen LogP contribution >= 0.6 is 0 Å². The third-order valence-corrected chi connectivity index (χ3v) is 6.31. The first-order chi connectivity index (χ1) is 14.6. The SMILES string of the molecule is COc1ccc(N2CC[NH+]([C@@H](CC(C)C)c3nnnn3C[C@H]3CCCO3)CC2)cc1. The zero-order valence-corrected chi connectivity index (χ0v) is 18.5. The van der Waals surface area contributed by atoms with Gasteiger partial charge in [0, 0.05) is 18.7 Å². The fourth-order valence-electron chi connectivity index (χ4n) is 4.69. The van der Waals surface area contributed by atoms with E-state index < -0.39 is 0 Å². The highest BCUT2D eigenvalue weighted by atomic mass is 16.5. The lowest BCUT2D eigenvalue weighted by atomic mass is 10.0. The van der Waals surface area contributed by atoms with Crippen molar-refractivity contribution in [1.29, 1.82) is 0 Å². The number of piperazine rings is 1. The summed E-state index contributed by atoms with van der Waals surface area (Å²) in [5.41, 5.74) is 1.26. The number of benzene rings is 1. The minimum atomic E-state index is 0.244. The molecule has 0 spiro atoms. The number of nitrogens with one attached hydrogen (secondary N) is 1. The molecule has 2 fully saturated rings. The minimum Gasteiger partial charge on any atom is -0.497 e. The number of tetrazole rings is 1. The van der Waals surface area contributed by atoms with E-state index in [1.165, 1.54) is 5.69 Å². The highest BCUT2D eigenvalue weighted by molar-refractivity contribution is 5.49. The summed E-state index contributed by atoms with van der Waals surface area (Å²) in [7, 11) is 1.71. The summed E-state index contributed by atoms with van der Waals surface area (Å²) in [6, 6.07) is 8.69. The van der Waals surface area contributed by atoms with Crippen molar-refractivity contribution < 1.29 is 14.4 Å². The molecular weight excluding hydrogens is 380 g/mol. The molecule has 30 heavy (non-hydrogen) atoms. The molecule has 1 aromatic heterocycles. The normalized spacial score (nSPS) is 21.3. The Bertz CT molecular complexity index is 779. The molecular formula is C22H35N6O2+. The average Bonchev–Trinajstić information content (AvgIpc) is 3.45. The summed E-state index contributed by atoms with van der Waals surface area (Å²) >= 11 is 0. The lowest BCUT2D eigenvalue weighted by Crippen LogP contribution is -3.15. The molecule has 4 rings (SSSR count). The van der Waals surface area contributed by atoms with Crippen LogP contribution in [0.1, 0.15) is 45.0 Å². The zero-order valence-electron chi connectivity index (χ0n) is 18.5. The van der Waals surface area contributed by atoms with Crippen molar-refractivity contribution >= 4 is 5.69 Å². The summed E-state index contributed by atoms with van der Waals surface area (Å²) in [6.45, 7) is 10.4. The molecule has 1 N–H and O–H groups in total. The predicted octanol–water partition coefficient (Wildman–Crippen LogP) is 1.35. The van der Waals surface area contributed by atoms with Crippen LogP contribution in [-0.2, 0) is 11.3 Å². The van der Waals surface area contributed by atoms with Gasteiger partial charge in [-0.25, -0.2) is 4.68 Å². The van der Waals surface area contributed by atoms with E-state index in [-0.39, 0.29) is 6.10 Å². The molecule has 0 bridgehead atoms. The van der Waals surface area contributed by atoms with Crippen LogP contribution in [0.5, 0.6) is 5.75 Å². The maximum Gasteiger partial charge on any atom is 0.209 e. The average molecular weight is 416 g/mol. The van der Waals surface area contributed by atoms with Crippen LogP contribution in [0, 0.1) is 5.92 Å². The van der Waals surface area contributed by atoms with Crippen LogP contribution in [0.25, 0.3) is 0 Å². The van der Waals surface area contributed by atoms with Gasteiger partial charge in [0.2, 0.25) is 5.82 Å². The maximum atomic E-state index is 5.83. The lowest BCUT2D eigenvalue weighted by Gasteiger charge is -2.37. The van der Waals surface area contributed by atoms with Gasteiger partial charge in [-0.2, -0.15) is 0 Å². The molecule has 0 radical (unpaired) electrons. The number of methoxy groups -OCH3 is 1. The van der Waals surface area contributed by atoms with Crippen LogP contribution in [0.15, 0.2) is 24.3 Å². The molecule has 164 valence electrons. The van der Waals surface area contributed by atoms with Gasteiger partial charge in [0.1, 0.15) is 11.8 Å². The fraction of sp³-hybridized carbons (Fsp3) is 0.682. The Morgan fingerprint density at radius 1 is 1.20 bits per heavy atom. The fourth-order valence-corrected chi connectivity index (χ4v) is 4.69. The van der Waals surface area contributed by atoms with Gasteiger partial charge in [0.15, 0.2) is 0 Å². The predicted molar refractivity (Wildman–Crippen MR) is 115 cm³/mol. The molecule has 3 heterocycles. The third-order valence-electron chi connectivity index (χ3n) is 6.31. The number of rotatable bonds is 8. The number of ether oxygens (including phenoxy) is 2. The molecule has 2 aliphatic rings. The second-order valence-corrected chi connectivity index (χ2v) is 8.88. The summed E-state index contributed by atoms with van der Waals surface area (Å²) in [5.74, 6) is 2.51.